The Bertz CT molecular complexity index is 451. The maximum atomic E-state index is 10.0. The second-order valence-corrected chi connectivity index (χ2v) is 4.83. The van der Waals surface area contributed by atoms with Crippen LogP contribution in [0.1, 0.15) is 11.1 Å². The highest BCUT2D eigenvalue weighted by molar-refractivity contribution is 7.07. The quantitative estimate of drug-likeness (QED) is 0.881. The lowest BCUT2D eigenvalue weighted by atomic mass is 10.0. The fourth-order valence-electron chi connectivity index (χ4n) is 1.82. The van der Waals surface area contributed by atoms with Crippen molar-refractivity contribution in [2.75, 3.05) is 7.11 Å². The molecule has 90 valence electrons. The Balaban J connectivity index is 1.95. The minimum absolute atomic E-state index is 0.336. The van der Waals surface area contributed by atoms with Gasteiger partial charge in [0.2, 0.25) is 0 Å². The molecule has 1 unspecified atom stereocenters. The van der Waals surface area contributed by atoms with Crippen LogP contribution in [0.5, 0.6) is 5.75 Å². The minimum atomic E-state index is -0.336. The maximum Gasteiger partial charge on any atom is 0.119 e. The van der Waals surface area contributed by atoms with E-state index in [0.29, 0.717) is 12.8 Å². The van der Waals surface area contributed by atoms with Gasteiger partial charge in [-0.2, -0.15) is 11.3 Å². The van der Waals surface area contributed by atoms with Crippen molar-refractivity contribution in [1.29, 1.82) is 0 Å². The molecule has 2 nitrogen and oxygen atoms in total. The van der Waals surface area contributed by atoms with Crippen LogP contribution in [0, 0.1) is 0 Å². The second-order valence-electron chi connectivity index (χ2n) is 4.05. The summed E-state index contributed by atoms with van der Waals surface area (Å²) in [5.41, 5.74) is 2.30. The molecule has 1 atom stereocenters. The molecule has 0 fully saturated rings. The van der Waals surface area contributed by atoms with Crippen molar-refractivity contribution in [2.24, 2.45) is 0 Å². The van der Waals surface area contributed by atoms with Gasteiger partial charge < -0.3 is 9.84 Å². The first-order chi connectivity index (χ1) is 8.28. The fraction of sp³-hybridized carbons (Fsp3) is 0.286. The van der Waals surface area contributed by atoms with Gasteiger partial charge in [-0.1, -0.05) is 12.1 Å². The van der Waals surface area contributed by atoms with Crippen LogP contribution in [-0.2, 0) is 12.8 Å². The van der Waals surface area contributed by atoms with Crippen LogP contribution < -0.4 is 4.74 Å². The van der Waals surface area contributed by atoms with Crippen molar-refractivity contribution in [3.63, 3.8) is 0 Å². The summed E-state index contributed by atoms with van der Waals surface area (Å²) < 4.78 is 5.16. The highest BCUT2D eigenvalue weighted by Crippen LogP contribution is 2.16. The molecule has 0 spiro atoms. The number of hydrogen-bond donors (Lipinski definition) is 1. The van der Waals surface area contributed by atoms with Gasteiger partial charge in [0, 0.05) is 0 Å². The van der Waals surface area contributed by atoms with Crippen molar-refractivity contribution in [3.8, 4) is 5.75 Å². The van der Waals surface area contributed by atoms with Crippen LogP contribution in [-0.4, -0.2) is 18.3 Å². The zero-order chi connectivity index (χ0) is 12.1. The molecule has 0 radical (unpaired) electrons. The lowest BCUT2D eigenvalue weighted by Crippen LogP contribution is -2.13. The van der Waals surface area contributed by atoms with Crippen LogP contribution in [0.25, 0.3) is 0 Å². The first-order valence-electron chi connectivity index (χ1n) is 5.60. The van der Waals surface area contributed by atoms with E-state index in [0.717, 1.165) is 11.3 Å². The van der Waals surface area contributed by atoms with Crippen LogP contribution in [0.4, 0.5) is 0 Å². The van der Waals surface area contributed by atoms with Gasteiger partial charge in [-0.3, -0.25) is 0 Å². The summed E-state index contributed by atoms with van der Waals surface area (Å²) in [6, 6.07) is 9.90. The van der Waals surface area contributed by atoms with Crippen molar-refractivity contribution in [1.82, 2.24) is 0 Å². The molecule has 0 aliphatic rings. The summed E-state index contributed by atoms with van der Waals surface area (Å²) in [4.78, 5) is 0. The van der Waals surface area contributed by atoms with E-state index in [2.05, 4.69) is 11.4 Å². The molecule has 2 rings (SSSR count). The van der Waals surface area contributed by atoms with Gasteiger partial charge in [0.25, 0.3) is 0 Å². The fourth-order valence-corrected chi connectivity index (χ4v) is 2.51. The molecule has 1 aromatic carbocycles. The van der Waals surface area contributed by atoms with Gasteiger partial charge in [-0.25, -0.2) is 0 Å². The number of aliphatic hydroxyl groups excluding tert-OH is 1. The average Bonchev–Trinajstić information content (AvgIpc) is 2.82. The standard InChI is InChI=1S/C14H16O2S/c1-16-14-4-2-3-11(9-14)7-13(15)8-12-5-6-17-10-12/h2-6,9-10,13,15H,7-8H2,1H3. The van der Waals surface area contributed by atoms with E-state index in [-0.39, 0.29) is 6.10 Å². The van der Waals surface area contributed by atoms with Crippen molar-refractivity contribution in [2.45, 2.75) is 18.9 Å². The molecule has 0 amide bonds. The Morgan fingerprint density at radius 2 is 2.06 bits per heavy atom. The zero-order valence-corrected chi connectivity index (χ0v) is 10.6. The van der Waals surface area contributed by atoms with Gasteiger partial charge in [0.05, 0.1) is 13.2 Å². The van der Waals surface area contributed by atoms with E-state index < -0.39 is 0 Å². The molecule has 0 saturated heterocycles. The summed E-state index contributed by atoms with van der Waals surface area (Å²) in [7, 11) is 1.65. The van der Waals surface area contributed by atoms with Crippen LogP contribution >= 0.6 is 11.3 Å². The van der Waals surface area contributed by atoms with E-state index >= 15 is 0 Å². The first-order valence-corrected chi connectivity index (χ1v) is 6.54. The molecule has 2 aromatic rings. The SMILES string of the molecule is COc1cccc(CC(O)Cc2ccsc2)c1. The highest BCUT2D eigenvalue weighted by Gasteiger charge is 2.07. The zero-order valence-electron chi connectivity index (χ0n) is 9.80. The van der Waals surface area contributed by atoms with Crippen molar-refractivity contribution >= 4 is 11.3 Å². The van der Waals surface area contributed by atoms with E-state index in [1.807, 2.05) is 29.6 Å². The Labute approximate surface area is 105 Å². The smallest absolute Gasteiger partial charge is 0.119 e. The summed E-state index contributed by atoms with van der Waals surface area (Å²) >= 11 is 1.66. The monoisotopic (exact) mass is 248 g/mol. The number of hydrogen-bond acceptors (Lipinski definition) is 3. The molecular weight excluding hydrogens is 232 g/mol. The third kappa shape index (κ3) is 3.58. The number of aliphatic hydroxyl groups is 1. The Hall–Kier alpha value is -1.32. The molecule has 0 saturated carbocycles. The molecule has 0 bridgehead atoms. The second kappa shape index (κ2) is 5.84. The summed E-state index contributed by atoms with van der Waals surface area (Å²) in [6.07, 6.45) is 1.03. The van der Waals surface area contributed by atoms with E-state index in [1.165, 1.54) is 5.56 Å². The van der Waals surface area contributed by atoms with Crippen LogP contribution in [0.2, 0.25) is 0 Å². The predicted molar refractivity (Wildman–Crippen MR) is 70.7 cm³/mol. The van der Waals surface area contributed by atoms with E-state index in [4.69, 9.17) is 4.74 Å². The third-order valence-corrected chi connectivity index (χ3v) is 3.39. The van der Waals surface area contributed by atoms with Crippen molar-refractivity contribution in [3.05, 3.63) is 52.2 Å². The largest absolute Gasteiger partial charge is 0.497 e. The predicted octanol–water partition coefficient (Wildman–Crippen LogP) is 2.90. The van der Waals surface area contributed by atoms with Gasteiger partial charge in [-0.05, 0) is 52.9 Å². The number of benzene rings is 1. The maximum absolute atomic E-state index is 10.0. The number of thiophene rings is 1. The van der Waals surface area contributed by atoms with Crippen molar-refractivity contribution < 1.29 is 9.84 Å². The van der Waals surface area contributed by atoms with E-state index in [9.17, 15) is 5.11 Å². The van der Waals surface area contributed by atoms with E-state index in [1.54, 1.807) is 18.4 Å². The molecule has 0 aliphatic heterocycles. The van der Waals surface area contributed by atoms with Gasteiger partial charge in [0.15, 0.2) is 0 Å². The van der Waals surface area contributed by atoms with Crippen LogP contribution in [0.15, 0.2) is 41.1 Å². The lowest BCUT2D eigenvalue weighted by molar-refractivity contribution is 0.175. The summed E-state index contributed by atoms with van der Waals surface area (Å²) in [5, 5.41) is 14.1. The minimum Gasteiger partial charge on any atom is -0.497 e. The number of ether oxygens (including phenoxy) is 1. The van der Waals surface area contributed by atoms with Gasteiger partial charge in [0.1, 0.15) is 5.75 Å². The summed E-state index contributed by atoms with van der Waals surface area (Å²) in [6.45, 7) is 0. The normalized spacial score (nSPS) is 12.4. The molecule has 1 N–H and O–H groups in total. The summed E-state index contributed by atoms with van der Waals surface area (Å²) in [5.74, 6) is 0.838. The molecule has 1 heterocycles. The first kappa shape index (κ1) is 12.1. The molecule has 17 heavy (non-hydrogen) atoms. The molecule has 0 aliphatic carbocycles. The molecular formula is C14H16O2S. The van der Waals surface area contributed by atoms with Gasteiger partial charge in [-0.15, -0.1) is 0 Å². The highest BCUT2D eigenvalue weighted by atomic mass is 32.1. The van der Waals surface area contributed by atoms with Crippen LogP contribution in [0.3, 0.4) is 0 Å². The topological polar surface area (TPSA) is 29.5 Å². The third-order valence-electron chi connectivity index (χ3n) is 2.66. The Kier molecular flexibility index (Phi) is 4.18. The number of methoxy groups -OCH3 is 1. The molecule has 1 aromatic heterocycles. The molecule has 3 heteroatoms. The Morgan fingerprint density at radius 1 is 1.24 bits per heavy atom. The Morgan fingerprint density at radius 3 is 2.76 bits per heavy atom. The average molecular weight is 248 g/mol. The number of rotatable bonds is 5. The van der Waals surface area contributed by atoms with Gasteiger partial charge >= 0.3 is 0 Å². The lowest BCUT2D eigenvalue weighted by Gasteiger charge is -2.10.